The monoisotopic (exact) mass is 571 g/mol. The number of nitrogens with one attached hydrogen (secondary N) is 4. The number of urea groups is 2. The number of carbonyl (C=O) groups excluding carboxylic acids is 3. The third-order valence-corrected chi connectivity index (χ3v) is 6.07. The lowest BCUT2D eigenvalue weighted by molar-refractivity contribution is -0.139. The van der Waals surface area contributed by atoms with Crippen molar-refractivity contribution in [2.45, 2.75) is 46.1 Å². The fraction of sp³-hybridized carbons (Fsp3) is 0.308. The predicted molar refractivity (Wildman–Crippen MR) is 144 cm³/mol. The molecule has 2 aromatic rings. The van der Waals surface area contributed by atoms with Crippen molar-refractivity contribution < 1.29 is 24.2 Å². The van der Waals surface area contributed by atoms with Gasteiger partial charge in [0.2, 0.25) is 0 Å². The van der Waals surface area contributed by atoms with Gasteiger partial charge in [-0.1, -0.05) is 36.7 Å². The number of halogens is 1. The van der Waals surface area contributed by atoms with Crippen molar-refractivity contribution in [3.8, 4) is 5.75 Å². The smallest absolute Gasteiger partial charge is 0.339 e. The zero-order valence-corrected chi connectivity index (χ0v) is 22.8. The molecule has 0 aliphatic carbocycles. The van der Waals surface area contributed by atoms with E-state index < -0.39 is 29.5 Å². The number of anilines is 1. The molecule has 2 aromatic carbocycles. The number of ether oxygens (including phenoxy) is 1. The third kappa shape index (κ3) is 6.88. The summed E-state index contributed by atoms with van der Waals surface area (Å²) in [7, 11) is 0. The van der Waals surface area contributed by atoms with Gasteiger partial charge in [-0.25, -0.2) is 19.8 Å². The van der Waals surface area contributed by atoms with Crippen molar-refractivity contribution in [2.75, 3.05) is 11.9 Å². The lowest BCUT2D eigenvalue weighted by Gasteiger charge is -2.30. The fourth-order valence-electron chi connectivity index (χ4n) is 3.79. The number of esters is 1. The van der Waals surface area contributed by atoms with Gasteiger partial charge in [0.15, 0.2) is 0 Å². The topological polar surface area (TPSA) is 141 Å². The van der Waals surface area contributed by atoms with Gasteiger partial charge in [-0.05, 0) is 61.2 Å². The van der Waals surface area contributed by atoms with Crippen LogP contribution in [0.1, 0.15) is 57.4 Å². The standard InChI is InChI=1S/C26H30BrN5O5/c1-6-37-23(34)20-14(2)29-24(35)31-21(20)15-11-16(22(33)19(12-15)26(3,4)5)13-28-32-25(36)30-18-9-7-17(27)8-10-18/h7-13,21,33H,6H2,1-5H3,(H2,29,31,35)(H2,30,32,36)/b28-13+. The van der Waals surface area contributed by atoms with Crippen molar-refractivity contribution in [3.05, 3.63) is 68.8 Å². The summed E-state index contributed by atoms with van der Waals surface area (Å²) < 4.78 is 6.09. The van der Waals surface area contributed by atoms with Crippen molar-refractivity contribution >= 4 is 45.9 Å². The summed E-state index contributed by atoms with van der Waals surface area (Å²) in [6.45, 7) is 9.26. The van der Waals surface area contributed by atoms with E-state index in [4.69, 9.17) is 4.74 Å². The van der Waals surface area contributed by atoms with Gasteiger partial charge in [-0.15, -0.1) is 0 Å². The maximum absolute atomic E-state index is 12.7. The van der Waals surface area contributed by atoms with Crippen LogP contribution in [-0.4, -0.2) is 36.0 Å². The molecule has 1 atom stereocenters. The van der Waals surface area contributed by atoms with E-state index in [2.05, 4.69) is 42.4 Å². The Morgan fingerprint density at radius 2 is 1.89 bits per heavy atom. The molecule has 5 N–H and O–H groups in total. The van der Waals surface area contributed by atoms with Crippen LogP contribution >= 0.6 is 15.9 Å². The van der Waals surface area contributed by atoms with Crippen molar-refractivity contribution in [3.63, 3.8) is 0 Å². The first kappa shape index (κ1) is 27.7. The molecule has 0 fully saturated rings. The van der Waals surface area contributed by atoms with Crippen molar-refractivity contribution in [1.82, 2.24) is 16.1 Å². The summed E-state index contributed by atoms with van der Waals surface area (Å²) in [5, 5.41) is 23.0. The summed E-state index contributed by atoms with van der Waals surface area (Å²) in [6.07, 6.45) is 1.30. The second-order valence-corrected chi connectivity index (χ2v) is 10.3. The molecular formula is C26H30BrN5O5. The Labute approximate surface area is 223 Å². The largest absolute Gasteiger partial charge is 0.507 e. The maximum Gasteiger partial charge on any atom is 0.339 e. The zero-order chi connectivity index (χ0) is 27.3. The normalized spacial score (nSPS) is 15.7. The first-order valence-corrected chi connectivity index (χ1v) is 12.4. The number of hydrazone groups is 1. The highest BCUT2D eigenvalue weighted by atomic mass is 79.9. The number of hydrogen-bond donors (Lipinski definition) is 5. The summed E-state index contributed by atoms with van der Waals surface area (Å²) in [5.74, 6) is -0.599. The second kappa shape index (κ2) is 11.5. The maximum atomic E-state index is 12.7. The van der Waals surface area contributed by atoms with Crippen LogP contribution in [0.5, 0.6) is 5.75 Å². The molecule has 1 heterocycles. The number of nitrogens with zero attached hydrogens (tertiary/aromatic N) is 1. The van der Waals surface area contributed by atoms with E-state index in [1.54, 1.807) is 50.2 Å². The Bertz CT molecular complexity index is 1270. The van der Waals surface area contributed by atoms with E-state index in [1.165, 1.54) is 6.21 Å². The zero-order valence-electron chi connectivity index (χ0n) is 21.2. The van der Waals surface area contributed by atoms with Gasteiger partial charge >= 0.3 is 18.0 Å². The minimum absolute atomic E-state index is 0.0336. The second-order valence-electron chi connectivity index (χ2n) is 9.38. The highest BCUT2D eigenvalue weighted by Gasteiger charge is 2.34. The van der Waals surface area contributed by atoms with Gasteiger partial charge in [0.25, 0.3) is 0 Å². The van der Waals surface area contributed by atoms with Gasteiger partial charge in [-0.2, -0.15) is 5.10 Å². The molecule has 0 radical (unpaired) electrons. The molecule has 1 unspecified atom stereocenters. The molecule has 0 bridgehead atoms. The lowest BCUT2D eigenvalue weighted by Crippen LogP contribution is -2.45. The van der Waals surface area contributed by atoms with E-state index in [9.17, 15) is 19.5 Å². The van der Waals surface area contributed by atoms with Gasteiger partial charge in [0, 0.05) is 27.0 Å². The Balaban J connectivity index is 1.96. The van der Waals surface area contributed by atoms with E-state index in [0.29, 0.717) is 28.1 Å². The molecule has 1 aliphatic heterocycles. The average molecular weight is 572 g/mol. The number of amides is 4. The number of phenolic OH excluding ortho intramolecular Hbond substituents is 1. The Morgan fingerprint density at radius 1 is 1.22 bits per heavy atom. The van der Waals surface area contributed by atoms with Crippen LogP contribution in [-0.2, 0) is 14.9 Å². The molecule has 37 heavy (non-hydrogen) atoms. The van der Waals surface area contributed by atoms with E-state index in [1.807, 2.05) is 20.8 Å². The molecule has 0 spiro atoms. The minimum atomic E-state index is -0.824. The van der Waals surface area contributed by atoms with Crippen LogP contribution in [0, 0.1) is 0 Å². The third-order valence-electron chi connectivity index (χ3n) is 5.54. The van der Waals surface area contributed by atoms with E-state index >= 15 is 0 Å². The number of phenols is 1. The van der Waals surface area contributed by atoms with Crippen LogP contribution in [0.2, 0.25) is 0 Å². The van der Waals surface area contributed by atoms with Gasteiger partial charge < -0.3 is 25.8 Å². The SMILES string of the molecule is CCOC(=O)C1=C(C)NC(=O)NC1c1cc(/C=N/NC(=O)Nc2ccc(Br)cc2)c(O)c(C(C)(C)C)c1. The predicted octanol–water partition coefficient (Wildman–Crippen LogP) is 4.80. The highest BCUT2D eigenvalue weighted by Crippen LogP contribution is 2.37. The molecule has 4 amide bonds. The Morgan fingerprint density at radius 3 is 2.51 bits per heavy atom. The number of allylic oxidation sites excluding steroid dienone is 1. The summed E-state index contributed by atoms with van der Waals surface area (Å²) >= 11 is 3.34. The molecule has 0 saturated heterocycles. The Kier molecular flexibility index (Phi) is 8.59. The van der Waals surface area contributed by atoms with Crippen LogP contribution in [0.4, 0.5) is 15.3 Å². The minimum Gasteiger partial charge on any atom is -0.507 e. The van der Waals surface area contributed by atoms with Crippen LogP contribution in [0.3, 0.4) is 0 Å². The molecular weight excluding hydrogens is 542 g/mol. The van der Waals surface area contributed by atoms with Crippen LogP contribution in [0.15, 0.2) is 57.2 Å². The molecule has 196 valence electrons. The summed E-state index contributed by atoms with van der Waals surface area (Å²) in [4.78, 5) is 37.3. The average Bonchev–Trinajstić information content (AvgIpc) is 2.80. The first-order chi connectivity index (χ1) is 17.4. The van der Waals surface area contributed by atoms with Crippen molar-refractivity contribution in [2.24, 2.45) is 5.10 Å². The molecule has 10 nitrogen and oxygen atoms in total. The number of aromatic hydroxyl groups is 1. The summed E-state index contributed by atoms with van der Waals surface area (Å²) in [5.41, 5.74) is 4.48. The number of rotatable bonds is 6. The van der Waals surface area contributed by atoms with E-state index in [-0.39, 0.29) is 17.9 Å². The quantitative estimate of drug-likeness (QED) is 0.192. The van der Waals surface area contributed by atoms with Crippen LogP contribution < -0.4 is 21.4 Å². The van der Waals surface area contributed by atoms with Crippen LogP contribution in [0.25, 0.3) is 0 Å². The van der Waals surface area contributed by atoms with Gasteiger partial charge in [0.05, 0.1) is 24.4 Å². The number of benzene rings is 2. The molecule has 1 aliphatic rings. The number of hydrogen-bond acceptors (Lipinski definition) is 6. The number of carbonyl (C=O) groups is 3. The highest BCUT2D eigenvalue weighted by molar-refractivity contribution is 9.10. The Hall–Kier alpha value is -3.86. The molecule has 0 saturated carbocycles. The van der Waals surface area contributed by atoms with Crippen molar-refractivity contribution in [1.29, 1.82) is 0 Å². The lowest BCUT2D eigenvalue weighted by atomic mass is 9.82. The summed E-state index contributed by atoms with van der Waals surface area (Å²) in [6, 6.07) is 8.50. The fourth-order valence-corrected chi connectivity index (χ4v) is 4.06. The van der Waals surface area contributed by atoms with Gasteiger partial charge in [-0.3, -0.25) is 0 Å². The molecule has 11 heteroatoms. The first-order valence-electron chi connectivity index (χ1n) is 11.6. The molecule has 3 rings (SSSR count). The van der Waals surface area contributed by atoms with E-state index in [0.717, 1.165) is 4.47 Å². The molecule has 0 aromatic heterocycles. The van der Waals surface area contributed by atoms with Gasteiger partial charge in [0.1, 0.15) is 5.75 Å².